The Morgan fingerprint density at radius 2 is 1.83 bits per heavy atom. The van der Waals surface area contributed by atoms with Crippen LogP contribution in [0.3, 0.4) is 0 Å². The van der Waals surface area contributed by atoms with E-state index < -0.39 is 0 Å². The number of aryl methyl sites for hydroxylation is 1. The van der Waals surface area contributed by atoms with Gasteiger partial charge >= 0.3 is 0 Å². The molecule has 1 unspecified atom stereocenters. The number of nitrogens with zero attached hydrogens (tertiary/aromatic N) is 2. The summed E-state index contributed by atoms with van der Waals surface area (Å²) in [6.45, 7) is 5.16. The molecule has 2 rings (SSSR count). The molecule has 1 heterocycles. The maximum absolute atomic E-state index is 4.35. The second kappa shape index (κ2) is 6.26. The fourth-order valence-electron chi connectivity index (χ4n) is 2.05. The van der Waals surface area contributed by atoms with Crippen molar-refractivity contribution in [2.45, 2.75) is 26.3 Å². The number of aromatic nitrogens is 2. The van der Waals surface area contributed by atoms with Crippen LogP contribution in [0.4, 0.5) is 0 Å². The van der Waals surface area contributed by atoms with Gasteiger partial charge in [-0.05, 0) is 37.1 Å². The largest absolute Gasteiger partial charge is 0.307 e. The lowest BCUT2D eigenvalue weighted by molar-refractivity contribution is 0.520. The van der Waals surface area contributed by atoms with Crippen molar-refractivity contribution in [3.8, 4) is 0 Å². The van der Waals surface area contributed by atoms with E-state index in [0.29, 0.717) is 0 Å². The quantitative estimate of drug-likeness (QED) is 0.874. The molecule has 3 heteroatoms. The molecule has 1 N–H and O–H groups in total. The van der Waals surface area contributed by atoms with E-state index in [1.165, 1.54) is 11.1 Å². The third-order valence-electron chi connectivity index (χ3n) is 3.03. The average molecular weight is 241 g/mol. The van der Waals surface area contributed by atoms with Crippen LogP contribution in [-0.4, -0.2) is 16.5 Å². The third kappa shape index (κ3) is 3.14. The minimum atomic E-state index is 0.178. The number of rotatable bonds is 5. The van der Waals surface area contributed by atoms with Crippen LogP contribution in [-0.2, 0) is 6.42 Å². The van der Waals surface area contributed by atoms with Crippen LogP contribution in [0.2, 0.25) is 0 Å². The number of likely N-dealkylation sites (N-methyl/N-ethyl adjacent to an activating group) is 1. The minimum absolute atomic E-state index is 0.178. The highest BCUT2D eigenvalue weighted by atomic mass is 15.0. The number of benzene rings is 1. The van der Waals surface area contributed by atoms with Crippen molar-refractivity contribution in [1.82, 2.24) is 15.3 Å². The van der Waals surface area contributed by atoms with Crippen molar-refractivity contribution in [3.05, 3.63) is 59.7 Å². The molecule has 0 amide bonds. The first kappa shape index (κ1) is 12.7. The first-order valence-electron chi connectivity index (χ1n) is 6.36. The van der Waals surface area contributed by atoms with Crippen LogP contribution in [0, 0.1) is 6.92 Å². The van der Waals surface area contributed by atoms with E-state index >= 15 is 0 Å². The number of hydrogen-bond acceptors (Lipinski definition) is 3. The lowest BCUT2D eigenvalue weighted by Gasteiger charge is -2.17. The highest BCUT2D eigenvalue weighted by Gasteiger charge is 2.14. The Kier molecular flexibility index (Phi) is 4.42. The third-order valence-corrected chi connectivity index (χ3v) is 3.03. The summed E-state index contributed by atoms with van der Waals surface area (Å²) in [6, 6.07) is 10.5. The second-order valence-electron chi connectivity index (χ2n) is 4.35. The normalized spacial score (nSPS) is 12.3. The van der Waals surface area contributed by atoms with Crippen molar-refractivity contribution in [2.75, 3.05) is 6.54 Å². The summed E-state index contributed by atoms with van der Waals surface area (Å²) in [5.74, 6) is 0.864. The Bertz CT molecular complexity index is 482. The molecule has 1 aromatic carbocycles. The zero-order valence-electron chi connectivity index (χ0n) is 10.9. The van der Waals surface area contributed by atoms with E-state index in [1.54, 1.807) is 12.4 Å². The van der Waals surface area contributed by atoms with E-state index in [0.717, 1.165) is 18.8 Å². The van der Waals surface area contributed by atoms with E-state index in [-0.39, 0.29) is 6.04 Å². The Morgan fingerprint density at radius 3 is 2.50 bits per heavy atom. The lowest BCUT2D eigenvalue weighted by Crippen LogP contribution is -2.25. The molecule has 0 saturated heterocycles. The molecule has 2 aromatic rings. The number of nitrogens with one attached hydrogen (secondary N) is 1. The molecule has 0 spiro atoms. The van der Waals surface area contributed by atoms with Crippen LogP contribution in [0.25, 0.3) is 0 Å². The van der Waals surface area contributed by atoms with Crippen LogP contribution >= 0.6 is 0 Å². The molecule has 0 aliphatic rings. The fraction of sp³-hybridized carbons (Fsp3) is 0.333. The van der Waals surface area contributed by atoms with E-state index in [1.807, 2.05) is 6.07 Å². The molecule has 94 valence electrons. The van der Waals surface area contributed by atoms with E-state index in [9.17, 15) is 0 Å². The Morgan fingerprint density at radius 1 is 1.11 bits per heavy atom. The van der Waals surface area contributed by atoms with Crippen molar-refractivity contribution in [3.63, 3.8) is 0 Å². The summed E-state index contributed by atoms with van der Waals surface area (Å²) < 4.78 is 0. The molecule has 1 atom stereocenters. The van der Waals surface area contributed by atoms with Gasteiger partial charge in [0.25, 0.3) is 0 Å². The van der Waals surface area contributed by atoms with Gasteiger partial charge in [0, 0.05) is 12.4 Å². The van der Waals surface area contributed by atoms with E-state index in [4.69, 9.17) is 0 Å². The van der Waals surface area contributed by atoms with Gasteiger partial charge in [-0.25, -0.2) is 9.97 Å². The van der Waals surface area contributed by atoms with Crippen LogP contribution in [0.15, 0.2) is 42.7 Å². The maximum Gasteiger partial charge on any atom is 0.145 e. The zero-order valence-corrected chi connectivity index (χ0v) is 10.9. The van der Waals surface area contributed by atoms with Crippen LogP contribution < -0.4 is 5.32 Å². The first-order chi connectivity index (χ1) is 8.81. The van der Waals surface area contributed by atoms with Gasteiger partial charge in [0.05, 0.1) is 6.04 Å². The molecule has 0 radical (unpaired) electrons. The molecule has 0 saturated carbocycles. The van der Waals surface area contributed by atoms with Gasteiger partial charge in [0.2, 0.25) is 0 Å². The van der Waals surface area contributed by atoms with Gasteiger partial charge in [-0.1, -0.05) is 31.2 Å². The van der Waals surface area contributed by atoms with Gasteiger partial charge < -0.3 is 5.32 Å². The molecule has 3 nitrogen and oxygen atoms in total. The monoisotopic (exact) mass is 241 g/mol. The zero-order chi connectivity index (χ0) is 12.8. The van der Waals surface area contributed by atoms with Crippen molar-refractivity contribution in [1.29, 1.82) is 0 Å². The van der Waals surface area contributed by atoms with E-state index in [2.05, 4.69) is 53.4 Å². The van der Waals surface area contributed by atoms with Crippen molar-refractivity contribution in [2.24, 2.45) is 0 Å². The molecule has 0 bridgehead atoms. The second-order valence-corrected chi connectivity index (χ2v) is 4.35. The smallest absolute Gasteiger partial charge is 0.145 e. The summed E-state index contributed by atoms with van der Waals surface area (Å²) in [5.41, 5.74) is 2.66. The standard InChI is InChI=1S/C15H19N3/c1-3-16-14(15-17-9-6-10-18-15)11-13-8-5-4-7-12(13)2/h4-10,14,16H,3,11H2,1-2H3. The SMILES string of the molecule is CCNC(Cc1ccccc1C)c1ncccn1. The fourth-order valence-corrected chi connectivity index (χ4v) is 2.05. The van der Waals surface area contributed by atoms with Crippen LogP contribution in [0.5, 0.6) is 0 Å². The summed E-state index contributed by atoms with van der Waals surface area (Å²) in [7, 11) is 0. The molecule has 18 heavy (non-hydrogen) atoms. The van der Waals surface area contributed by atoms with Gasteiger partial charge in [0.1, 0.15) is 5.82 Å². The Labute approximate surface area is 108 Å². The predicted octanol–water partition coefficient (Wildman–Crippen LogP) is 2.68. The van der Waals surface area contributed by atoms with Gasteiger partial charge in [-0.15, -0.1) is 0 Å². The molecule has 1 aromatic heterocycles. The molecular formula is C15H19N3. The predicted molar refractivity (Wildman–Crippen MR) is 73.3 cm³/mol. The van der Waals surface area contributed by atoms with Crippen LogP contribution in [0.1, 0.15) is 29.9 Å². The summed E-state index contributed by atoms with van der Waals surface area (Å²) >= 11 is 0. The Hall–Kier alpha value is -1.74. The van der Waals surface area contributed by atoms with Gasteiger partial charge in [-0.3, -0.25) is 0 Å². The molecular weight excluding hydrogens is 222 g/mol. The summed E-state index contributed by atoms with van der Waals surface area (Å²) in [5, 5.41) is 3.45. The number of hydrogen-bond donors (Lipinski definition) is 1. The lowest BCUT2D eigenvalue weighted by atomic mass is 10.0. The summed E-state index contributed by atoms with van der Waals surface area (Å²) in [6.07, 6.45) is 4.51. The molecule has 0 aliphatic carbocycles. The average Bonchev–Trinajstić information content (AvgIpc) is 2.42. The Balaban J connectivity index is 2.19. The minimum Gasteiger partial charge on any atom is -0.307 e. The van der Waals surface area contributed by atoms with Crippen molar-refractivity contribution < 1.29 is 0 Å². The molecule has 0 aliphatic heterocycles. The first-order valence-corrected chi connectivity index (χ1v) is 6.36. The highest BCUT2D eigenvalue weighted by molar-refractivity contribution is 5.27. The van der Waals surface area contributed by atoms with Gasteiger partial charge in [-0.2, -0.15) is 0 Å². The molecule has 0 fully saturated rings. The topological polar surface area (TPSA) is 37.8 Å². The summed E-state index contributed by atoms with van der Waals surface area (Å²) in [4.78, 5) is 8.70. The maximum atomic E-state index is 4.35. The van der Waals surface area contributed by atoms with Crippen molar-refractivity contribution >= 4 is 0 Å². The van der Waals surface area contributed by atoms with Gasteiger partial charge in [0.15, 0.2) is 0 Å². The highest BCUT2D eigenvalue weighted by Crippen LogP contribution is 2.17.